The Bertz CT molecular complexity index is 240. The van der Waals surface area contributed by atoms with Crippen molar-refractivity contribution in [2.24, 2.45) is 5.84 Å². The van der Waals surface area contributed by atoms with Gasteiger partial charge >= 0.3 is 5.97 Å². The van der Waals surface area contributed by atoms with Crippen LogP contribution < -0.4 is 11.3 Å². The van der Waals surface area contributed by atoms with E-state index in [0.717, 1.165) is 0 Å². The second-order valence-corrected chi connectivity index (χ2v) is 2.93. The predicted molar refractivity (Wildman–Crippen MR) is 49.3 cm³/mol. The van der Waals surface area contributed by atoms with E-state index in [0.29, 0.717) is 4.88 Å². The molecular weight excluding hydrogens is 200 g/mol. The summed E-state index contributed by atoms with van der Waals surface area (Å²) in [6.07, 6.45) is 0. The highest BCUT2D eigenvalue weighted by Gasteiger charge is 2.17. The van der Waals surface area contributed by atoms with Gasteiger partial charge < -0.3 is 5.11 Å². The fourth-order valence-electron chi connectivity index (χ4n) is 0.731. The lowest BCUT2D eigenvalue weighted by Crippen LogP contribution is -2.33. The number of hydrogen-bond donors (Lipinski definition) is 3. The number of rotatable bonds is 3. The third kappa shape index (κ3) is 2.46. The zero-order chi connectivity index (χ0) is 8.27. The second-order valence-electron chi connectivity index (χ2n) is 1.95. The van der Waals surface area contributed by atoms with Crippen LogP contribution >= 0.6 is 23.7 Å². The number of hydrazine groups is 1. The van der Waals surface area contributed by atoms with E-state index in [2.05, 4.69) is 5.43 Å². The molecule has 0 bridgehead atoms. The Labute approximate surface area is 79.8 Å². The van der Waals surface area contributed by atoms with Crippen molar-refractivity contribution < 1.29 is 9.90 Å². The molecule has 68 valence electrons. The van der Waals surface area contributed by atoms with Crippen LogP contribution in [0.25, 0.3) is 0 Å². The van der Waals surface area contributed by atoms with Gasteiger partial charge in [0.1, 0.15) is 0 Å². The van der Waals surface area contributed by atoms with Gasteiger partial charge in [0.25, 0.3) is 0 Å². The summed E-state index contributed by atoms with van der Waals surface area (Å²) >= 11 is 1.36. The van der Waals surface area contributed by atoms with E-state index in [1.807, 2.05) is 5.38 Å². The van der Waals surface area contributed by atoms with Crippen molar-refractivity contribution in [3.05, 3.63) is 22.4 Å². The van der Waals surface area contributed by atoms with Gasteiger partial charge in [0.05, 0.1) is 0 Å². The van der Waals surface area contributed by atoms with E-state index in [1.54, 1.807) is 12.1 Å². The number of carbonyl (C=O) groups is 1. The van der Waals surface area contributed by atoms with Crippen molar-refractivity contribution in [2.45, 2.75) is 6.04 Å². The van der Waals surface area contributed by atoms with E-state index in [9.17, 15) is 4.79 Å². The molecular formula is C6H9ClN2O2S. The zero-order valence-electron chi connectivity index (χ0n) is 6.06. The van der Waals surface area contributed by atoms with Gasteiger partial charge in [-0.05, 0) is 11.4 Å². The van der Waals surface area contributed by atoms with Gasteiger partial charge in [0, 0.05) is 4.88 Å². The first-order valence-corrected chi connectivity index (χ1v) is 3.86. The van der Waals surface area contributed by atoms with Crippen LogP contribution in [0.3, 0.4) is 0 Å². The Kier molecular flexibility index (Phi) is 4.84. The molecule has 4 N–H and O–H groups in total. The zero-order valence-corrected chi connectivity index (χ0v) is 7.69. The molecule has 1 aromatic rings. The van der Waals surface area contributed by atoms with Crippen LogP contribution in [-0.4, -0.2) is 11.1 Å². The summed E-state index contributed by atoms with van der Waals surface area (Å²) in [6.45, 7) is 0. The molecule has 0 aromatic carbocycles. The molecule has 1 rings (SSSR count). The van der Waals surface area contributed by atoms with Crippen LogP contribution in [0.5, 0.6) is 0 Å². The molecule has 0 saturated heterocycles. The number of hydrogen-bond acceptors (Lipinski definition) is 4. The summed E-state index contributed by atoms with van der Waals surface area (Å²) in [5.74, 6) is 4.08. The summed E-state index contributed by atoms with van der Waals surface area (Å²) in [4.78, 5) is 11.2. The molecule has 0 aliphatic heterocycles. The van der Waals surface area contributed by atoms with Gasteiger partial charge in [0.2, 0.25) is 0 Å². The van der Waals surface area contributed by atoms with Gasteiger partial charge in [-0.25, -0.2) is 5.43 Å². The van der Waals surface area contributed by atoms with Gasteiger partial charge in [-0.2, -0.15) is 0 Å². The van der Waals surface area contributed by atoms with E-state index in [1.165, 1.54) is 11.3 Å². The highest BCUT2D eigenvalue weighted by atomic mass is 35.5. The third-order valence-corrected chi connectivity index (χ3v) is 2.18. The van der Waals surface area contributed by atoms with Crippen LogP contribution in [0.1, 0.15) is 10.9 Å². The number of nitrogens with one attached hydrogen (secondary N) is 1. The minimum atomic E-state index is -0.963. The number of aliphatic carboxylic acids is 1. The summed E-state index contributed by atoms with van der Waals surface area (Å²) in [5.41, 5.74) is 2.21. The number of halogens is 1. The van der Waals surface area contributed by atoms with Crippen molar-refractivity contribution >= 4 is 29.7 Å². The van der Waals surface area contributed by atoms with Crippen molar-refractivity contribution in [3.8, 4) is 0 Å². The molecule has 0 fully saturated rings. The van der Waals surface area contributed by atoms with Gasteiger partial charge in [0.15, 0.2) is 6.04 Å². The average molecular weight is 209 g/mol. The third-order valence-electron chi connectivity index (χ3n) is 1.24. The van der Waals surface area contributed by atoms with Crippen LogP contribution in [0, 0.1) is 0 Å². The largest absolute Gasteiger partial charge is 0.480 e. The minimum Gasteiger partial charge on any atom is -0.480 e. The monoisotopic (exact) mass is 208 g/mol. The fourth-order valence-corrected chi connectivity index (χ4v) is 1.51. The Hall–Kier alpha value is -0.620. The van der Waals surface area contributed by atoms with Gasteiger partial charge in [-0.3, -0.25) is 10.6 Å². The molecule has 0 amide bonds. The Morgan fingerprint density at radius 3 is 2.75 bits per heavy atom. The topological polar surface area (TPSA) is 75.3 Å². The van der Waals surface area contributed by atoms with E-state index in [4.69, 9.17) is 10.9 Å². The lowest BCUT2D eigenvalue weighted by Gasteiger charge is -2.06. The second kappa shape index (κ2) is 5.10. The highest BCUT2D eigenvalue weighted by molar-refractivity contribution is 7.10. The Balaban J connectivity index is 0.00000121. The van der Waals surface area contributed by atoms with Crippen LogP contribution in [0.2, 0.25) is 0 Å². The predicted octanol–water partition coefficient (Wildman–Crippen LogP) is 0.759. The van der Waals surface area contributed by atoms with Gasteiger partial charge in [-0.1, -0.05) is 6.07 Å². The Morgan fingerprint density at radius 1 is 1.75 bits per heavy atom. The van der Waals surface area contributed by atoms with Gasteiger partial charge in [-0.15, -0.1) is 23.7 Å². The quantitative estimate of drug-likeness (QED) is 0.507. The molecule has 0 saturated carbocycles. The average Bonchev–Trinajstić information content (AvgIpc) is 2.40. The lowest BCUT2D eigenvalue weighted by molar-refractivity contribution is -0.139. The molecule has 0 aliphatic rings. The molecule has 6 heteroatoms. The molecule has 0 aliphatic carbocycles. The number of carboxylic acids is 1. The van der Waals surface area contributed by atoms with E-state index < -0.39 is 12.0 Å². The van der Waals surface area contributed by atoms with Crippen LogP contribution in [0.15, 0.2) is 17.5 Å². The number of thiophene rings is 1. The maximum atomic E-state index is 10.5. The maximum Gasteiger partial charge on any atom is 0.327 e. The molecule has 1 aromatic heterocycles. The van der Waals surface area contributed by atoms with Crippen LogP contribution in [0.4, 0.5) is 0 Å². The first-order valence-electron chi connectivity index (χ1n) is 2.98. The summed E-state index contributed by atoms with van der Waals surface area (Å²) in [5, 5.41) is 10.4. The van der Waals surface area contributed by atoms with Crippen molar-refractivity contribution in [1.82, 2.24) is 5.43 Å². The standard InChI is InChI=1S/C6H8N2O2S.ClH/c7-8-5(6(9)10)4-2-1-3-11-4;/h1-3,5,8H,7H2,(H,9,10);1H. The van der Waals surface area contributed by atoms with Crippen molar-refractivity contribution in [3.63, 3.8) is 0 Å². The van der Waals surface area contributed by atoms with Crippen molar-refractivity contribution in [2.75, 3.05) is 0 Å². The summed E-state index contributed by atoms with van der Waals surface area (Å²) in [6, 6.07) is 2.73. The van der Waals surface area contributed by atoms with Crippen LogP contribution in [-0.2, 0) is 4.79 Å². The first kappa shape index (κ1) is 11.4. The molecule has 12 heavy (non-hydrogen) atoms. The SMILES string of the molecule is Cl.NNC(C(=O)O)c1cccs1. The summed E-state index contributed by atoms with van der Waals surface area (Å²) < 4.78 is 0. The van der Waals surface area contributed by atoms with E-state index in [-0.39, 0.29) is 12.4 Å². The molecule has 0 spiro atoms. The van der Waals surface area contributed by atoms with E-state index >= 15 is 0 Å². The first-order chi connectivity index (χ1) is 5.25. The van der Waals surface area contributed by atoms with Crippen molar-refractivity contribution in [1.29, 1.82) is 0 Å². The maximum absolute atomic E-state index is 10.5. The number of nitrogens with two attached hydrogens (primary N) is 1. The molecule has 1 heterocycles. The molecule has 4 nitrogen and oxygen atoms in total. The number of carboxylic acid groups (broad SMARTS) is 1. The fraction of sp³-hybridized carbons (Fsp3) is 0.167. The molecule has 0 radical (unpaired) electrons. The molecule has 1 unspecified atom stereocenters. The smallest absolute Gasteiger partial charge is 0.327 e. The Morgan fingerprint density at radius 2 is 2.42 bits per heavy atom. The minimum absolute atomic E-state index is 0. The highest BCUT2D eigenvalue weighted by Crippen LogP contribution is 2.17. The lowest BCUT2D eigenvalue weighted by atomic mass is 10.2. The molecule has 1 atom stereocenters. The summed E-state index contributed by atoms with van der Waals surface area (Å²) in [7, 11) is 0. The normalized spacial score (nSPS) is 11.8.